The molecule has 86 valence electrons. The zero-order valence-electron chi connectivity index (χ0n) is 8.67. The third kappa shape index (κ3) is 1.57. The molecule has 0 fully saturated rings. The number of benzene rings is 1. The van der Waals surface area contributed by atoms with E-state index in [0.29, 0.717) is 23.5 Å². The molecule has 6 nitrogen and oxygen atoms in total. The molecule has 0 saturated carbocycles. The van der Waals surface area contributed by atoms with E-state index in [1.807, 2.05) is 0 Å². The molecule has 16 heavy (non-hydrogen) atoms. The molecule has 0 radical (unpaired) electrons. The van der Waals surface area contributed by atoms with Crippen molar-refractivity contribution >= 4 is 5.69 Å². The van der Waals surface area contributed by atoms with Gasteiger partial charge in [0.2, 0.25) is 0 Å². The molecule has 1 aliphatic heterocycles. The molecule has 6 heteroatoms. The minimum atomic E-state index is -0.457. The van der Waals surface area contributed by atoms with E-state index in [9.17, 15) is 10.1 Å². The van der Waals surface area contributed by atoms with Crippen molar-refractivity contribution in [1.82, 2.24) is 0 Å². The molecular formula is C10H11NO5. The van der Waals surface area contributed by atoms with Crippen LogP contribution in [0.15, 0.2) is 12.1 Å². The van der Waals surface area contributed by atoms with Gasteiger partial charge in [-0.2, -0.15) is 0 Å². The van der Waals surface area contributed by atoms with Crippen LogP contribution in [-0.2, 0) is 6.42 Å². The summed E-state index contributed by atoms with van der Waals surface area (Å²) in [5.41, 5.74) is 0.496. The van der Waals surface area contributed by atoms with Crippen LogP contribution in [0.3, 0.4) is 0 Å². The molecule has 1 aromatic carbocycles. The van der Waals surface area contributed by atoms with Crippen molar-refractivity contribution in [1.29, 1.82) is 0 Å². The topological polar surface area (TPSA) is 81.8 Å². The number of methoxy groups -OCH3 is 1. The minimum absolute atomic E-state index is 0.00625. The molecule has 0 amide bonds. The van der Waals surface area contributed by atoms with Crippen molar-refractivity contribution in [2.24, 2.45) is 0 Å². The van der Waals surface area contributed by atoms with Gasteiger partial charge in [-0.15, -0.1) is 0 Å². The van der Waals surface area contributed by atoms with Gasteiger partial charge in [-0.05, 0) is 6.07 Å². The Morgan fingerprint density at radius 3 is 3.00 bits per heavy atom. The van der Waals surface area contributed by atoms with E-state index in [0.717, 1.165) is 0 Å². The van der Waals surface area contributed by atoms with Gasteiger partial charge in [-0.25, -0.2) is 0 Å². The average Bonchev–Trinajstić information content (AvgIpc) is 2.70. The highest BCUT2D eigenvalue weighted by molar-refractivity contribution is 5.59. The molecule has 1 aromatic rings. The third-order valence-corrected chi connectivity index (χ3v) is 2.54. The number of aliphatic hydroxyl groups is 1. The summed E-state index contributed by atoms with van der Waals surface area (Å²) in [5.74, 6) is 0.826. The van der Waals surface area contributed by atoms with Gasteiger partial charge in [0.25, 0.3) is 5.69 Å². The first-order valence-electron chi connectivity index (χ1n) is 4.79. The number of fused-ring (bicyclic) bond motifs is 1. The molecule has 0 spiro atoms. The predicted molar refractivity (Wildman–Crippen MR) is 54.9 cm³/mol. The molecule has 1 heterocycles. The maximum Gasteiger partial charge on any atom is 0.276 e. The summed E-state index contributed by atoms with van der Waals surface area (Å²) >= 11 is 0. The smallest absolute Gasteiger partial charge is 0.276 e. The fraction of sp³-hybridized carbons (Fsp3) is 0.400. The maximum atomic E-state index is 10.8. The highest BCUT2D eigenvalue weighted by atomic mass is 16.6. The molecular weight excluding hydrogens is 214 g/mol. The first kappa shape index (κ1) is 10.7. The van der Waals surface area contributed by atoms with Gasteiger partial charge in [0, 0.05) is 12.5 Å². The van der Waals surface area contributed by atoms with Crippen molar-refractivity contribution in [2.45, 2.75) is 12.5 Å². The van der Waals surface area contributed by atoms with E-state index in [1.54, 1.807) is 0 Å². The van der Waals surface area contributed by atoms with Gasteiger partial charge >= 0.3 is 0 Å². The second-order valence-corrected chi connectivity index (χ2v) is 3.48. The van der Waals surface area contributed by atoms with Gasteiger partial charge < -0.3 is 14.6 Å². The van der Waals surface area contributed by atoms with Gasteiger partial charge in [-0.1, -0.05) is 0 Å². The molecule has 0 bridgehead atoms. The minimum Gasteiger partial charge on any atom is -0.493 e. The lowest BCUT2D eigenvalue weighted by Gasteiger charge is -2.08. The second-order valence-electron chi connectivity index (χ2n) is 3.48. The average molecular weight is 225 g/mol. The molecule has 2 rings (SSSR count). The Labute approximate surface area is 91.6 Å². The van der Waals surface area contributed by atoms with Crippen LogP contribution < -0.4 is 9.47 Å². The Hall–Kier alpha value is -1.82. The molecule has 1 atom stereocenters. The molecule has 1 N–H and O–H groups in total. The fourth-order valence-electron chi connectivity index (χ4n) is 1.79. The van der Waals surface area contributed by atoms with Crippen molar-refractivity contribution < 1.29 is 19.5 Å². The van der Waals surface area contributed by atoms with Gasteiger partial charge in [0.05, 0.1) is 24.2 Å². The standard InChI is InChI=1S/C10H11NO5/c1-15-9-3-2-8(11(13)14)7-4-6(5-12)16-10(7)9/h2-3,6,12H,4-5H2,1H3. The molecule has 0 aliphatic carbocycles. The number of nitro groups is 1. The highest BCUT2D eigenvalue weighted by Crippen LogP contribution is 2.42. The SMILES string of the molecule is COc1ccc([N+](=O)[O-])c2c1OC(CO)C2. The van der Waals surface area contributed by atoms with E-state index >= 15 is 0 Å². The van der Waals surface area contributed by atoms with E-state index in [2.05, 4.69) is 0 Å². The summed E-state index contributed by atoms with van der Waals surface area (Å²) in [6.45, 7) is -0.172. The number of ether oxygens (including phenoxy) is 2. The van der Waals surface area contributed by atoms with E-state index in [1.165, 1.54) is 19.2 Å². The Balaban J connectivity index is 2.50. The highest BCUT2D eigenvalue weighted by Gasteiger charge is 2.32. The lowest BCUT2D eigenvalue weighted by molar-refractivity contribution is -0.385. The van der Waals surface area contributed by atoms with Gasteiger partial charge in [0.15, 0.2) is 11.5 Å². The zero-order valence-corrected chi connectivity index (χ0v) is 8.67. The lowest BCUT2D eigenvalue weighted by Crippen LogP contribution is -2.17. The number of aliphatic hydroxyl groups excluding tert-OH is 1. The Morgan fingerprint density at radius 1 is 1.69 bits per heavy atom. The van der Waals surface area contributed by atoms with Crippen LogP contribution in [0.5, 0.6) is 11.5 Å². The summed E-state index contributed by atoms with van der Waals surface area (Å²) in [7, 11) is 1.47. The number of hydrogen-bond acceptors (Lipinski definition) is 5. The van der Waals surface area contributed by atoms with Gasteiger partial charge in [-0.3, -0.25) is 10.1 Å². The van der Waals surface area contributed by atoms with E-state index < -0.39 is 11.0 Å². The summed E-state index contributed by atoms with van der Waals surface area (Å²) in [5, 5.41) is 19.8. The zero-order chi connectivity index (χ0) is 11.7. The largest absolute Gasteiger partial charge is 0.493 e. The second kappa shape index (κ2) is 3.97. The molecule has 0 aromatic heterocycles. The quantitative estimate of drug-likeness (QED) is 0.610. The third-order valence-electron chi connectivity index (χ3n) is 2.54. The Bertz CT molecular complexity index is 431. The van der Waals surface area contributed by atoms with Crippen molar-refractivity contribution in [3.05, 3.63) is 27.8 Å². The molecule has 1 aliphatic rings. The first-order chi connectivity index (χ1) is 7.67. The van der Waals surface area contributed by atoms with E-state index in [-0.39, 0.29) is 12.3 Å². The van der Waals surface area contributed by atoms with Crippen LogP contribution in [0, 0.1) is 10.1 Å². The lowest BCUT2D eigenvalue weighted by atomic mass is 10.1. The summed E-state index contributed by atoms with van der Waals surface area (Å²) in [4.78, 5) is 10.3. The van der Waals surface area contributed by atoms with Crippen LogP contribution in [-0.4, -0.2) is 29.9 Å². The molecule has 1 unspecified atom stereocenters. The van der Waals surface area contributed by atoms with Crippen molar-refractivity contribution in [3.63, 3.8) is 0 Å². The van der Waals surface area contributed by atoms with Crippen LogP contribution in [0.4, 0.5) is 5.69 Å². The van der Waals surface area contributed by atoms with Gasteiger partial charge in [0.1, 0.15) is 6.10 Å². The van der Waals surface area contributed by atoms with Crippen molar-refractivity contribution in [3.8, 4) is 11.5 Å². The van der Waals surface area contributed by atoms with Crippen LogP contribution in [0.2, 0.25) is 0 Å². The Morgan fingerprint density at radius 2 is 2.44 bits per heavy atom. The number of nitrogens with zero attached hydrogens (tertiary/aromatic N) is 1. The number of hydrogen-bond donors (Lipinski definition) is 1. The number of nitro benzene ring substituents is 1. The summed E-state index contributed by atoms with van der Waals surface area (Å²) in [6, 6.07) is 2.89. The first-order valence-corrected chi connectivity index (χ1v) is 4.79. The predicted octanol–water partition coefficient (Wildman–Crippen LogP) is 0.899. The van der Waals surface area contributed by atoms with Crippen LogP contribution in [0.25, 0.3) is 0 Å². The summed E-state index contributed by atoms with van der Waals surface area (Å²) < 4.78 is 10.4. The normalized spacial score (nSPS) is 17.8. The fourth-order valence-corrected chi connectivity index (χ4v) is 1.79. The summed E-state index contributed by atoms with van der Waals surface area (Å²) in [6.07, 6.45) is -0.0932. The maximum absolute atomic E-state index is 10.8. The number of rotatable bonds is 3. The Kier molecular flexibility index (Phi) is 2.66. The van der Waals surface area contributed by atoms with Crippen LogP contribution >= 0.6 is 0 Å². The monoisotopic (exact) mass is 225 g/mol. The van der Waals surface area contributed by atoms with Crippen molar-refractivity contribution in [2.75, 3.05) is 13.7 Å². The van der Waals surface area contributed by atoms with E-state index in [4.69, 9.17) is 14.6 Å². The van der Waals surface area contributed by atoms with Crippen LogP contribution in [0.1, 0.15) is 5.56 Å². The molecule has 0 saturated heterocycles.